The van der Waals surface area contributed by atoms with Crippen LogP contribution in [-0.2, 0) is 25.1 Å². The Balaban J connectivity index is 1.09. The number of piperidine rings is 1. The summed E-state index contributed by atoms with van der Waals surface area (Å²) in [6.07, 6.45) is 6.89. The first-order valence-electron chi connectivity index (χ1n) is 12.0. The van der Waals surface area contributed by atoms with Crippen LogP contribution in [0.3, 0.4) is 0 Å². The zero-order valence-electron chi connectivity index (χ0n) is 19.0. The van der Waals surface area contributed by atoms with Crippen molar-refractivity contribution in [3.05, 3.63) is 63.6 Å². The molecule has 1 atom stereocenters. The van der Waals surface area contributed by atoms with Gasteiger partial charge in [0.2, 0.25) is 0 Å². The second-order valence-electron chi connectivity index (χ2n) is 9.67. The normalized spacial score (nSPS) is 22.6. The summed E-state index contributed by atoms with van der Waals surface area (Å²) in [5, 5.41) is 15.1. The predicted octanol–water partition coefficient (Wildman–Crippen LogP) is 1.71. The number of rotatable bonds is 5. The van der Waals surface area contributed by atoms with E-state index in [1.165, 1.54) is 16.2 Å². The summed E-state index contributed by atoms with van der Waals surface area (Å²) in [5.74, 6) is 0.340. The fourth-order valence-corrected chi connectivity index (χ4v) is 5.62. The van der Waals surface area contributed by atoms with Crippen molar-refractivity contribution < 1.29 is 14.2 Å². The van der Waals surface area contributed by atoms with Crippen molar-refractivity contribution in [2.75, 3.05) is 26.2 Å². The van der Waals surface area contributed by atoms with Crippen molar-refractivity contribution in [3.8, 4) is 5.75 Å². The van der Waals surface area contributed by atoms with Gasteiger partial charge in [-0.05, 0) is 56.5 Å². The molecule has 178 valence electrons. The summed E-state index contributed by atoms with van der Waals surface area (Å²) < 4.78 is 21.9. The second kappa shape index (κ2) is 8.41. The minimum Gasteiger partial charge on any atom is -0.492 e. The van der Waals surface area contributed by atoms with Crippen LogP contribution in [0.4, 0.5) is 4.39 Å². The fourth-order valence-electron chi connectivity index (χ4n) is 5.62. The van der Waals surface area contributed by atoms with E-state index >= 15 is 0 Å². The summed E-state index contributed by atoms with van der Waals surface area (Å²) in [6, 6.07) is 5.50. The second-order valence-corrected chi connectivity index (χ2v) is 9.67. The third kappa shape index (κ3) is 3.77. The molecule has 3 aliphatic heterocycles. The van der Waals surface area contributed by atoms with Gasteiger partial charge in [-0.3, -0.25) is 19.7 Å². The summed E-state index contributed by atoms with van der Waals surface area (Å²) in [7, 11) is 0. The summed E-state index contributed by atoms with van der Waals surface area (Å²) in [6.45, 7) is 3.37. The topological polar surface area (TPSA) is 92.5 Å². The van der Waals surface area contributed by atoms with Crippen molar-refractivity contribution in [2.45, 2.75) is 50.4 Å². The van der Waals surface area contributed by atoms with E-state index in [2.05, 4.69) is 26.3 Å². The van der Waals surface area contributed by atoms with E-state index in [4.69, 9.17) is 4.74 Å². The number of hydrogen-bond donors (Lipinski definition) is 2. The number of fused-ring (bicyclic) bond motifs is 1. The Hall–Kier alpha value is -2.88. The lowest BCUT2D eigenvalue weighted by molar-refractivity contribution is -0.0159. The molecule has 34 heavy (non-hydrogen) atoms. The molecule has 0 saturated carbocycles. The van der Waals surface area contributed by atoms with Gasteiger partial charge < -0.3 is 19.7 Å². The fraction of sp³-hybridized carbons (Fsp3) is 0.480. The van der Waals surface area contributed by atoms with Gasteiger partial charge in [-0.1, -0.05) is 0 Å². The van der Waals surface area contributed by atoms with Crippen molar-refractivity contribution in [2.24, 2.45) is 0 Å². The van der Waals surface area contributed by atoms with Crippen molar-refractivity contribution in [3.63, 3.8) is 0 Å². The highest BCUT2D eigenvalue weighted by Crippen LogP contribution is 2.38. The first-order chi connectivity index (χ1) is 16.5. The molecule has 8 nitrogen and oxygen atoms in total. The van der Waals surface area contributed by atoms with E-state index in [-0.39, 0.29) is 24.2 Å². The number of β-amino-alcohol motifs (C(OH)–C–C–N with tert-alkyl or cyclic N) is 1. The maximum absolute atomic E-state index is 14.8. The Labute approximate surface area is 196 Å². The molecule has 0 radical (unpaired) electrons. The minimum atomic E-state index is -1.45. The molecule has 3 aromatic rings. The molecule has 6 heterocycles. The molecule has 2 N–H and O–H groups in total. The lowest BCUT2D eigenvalue weighted by Crippen LogP contribution is -2.48. The molecule has 3 aliphatic rings. The van der Waals surface area contributed by atoms with Crippen LogP contribution in [0.1, 0.15) is 36.1 Å². The number of nitrogens with one attached hydrogen (secondary N) is 1. The summed E-state index contributed by atoms with van der Waals surface area (Å²) in [5.41, 5.74) is 1.68. The van der Waals surface area contributed by atoms with Gasteiger partial charge >= 0.3 is 0 Å². The number of likely N-dealkylation sites (tertiary alicyclic amines) is 1. The molecule has 1 saturated heterocycles. The van der Waals surface area contributed by atoms with Crippen molar-refractivity contribution in [1.82, 2.24) is 24.8 Å². The first-order valence-corrected chi connectivity index (χ1v) is 12.0. The highest BCUT2D eigenvalue weighted by atomic mass is 19.1. The van der Waals surface area contributed by atoms with Gasteiger partial charge in [-0.2, -0.15) is 0 Å². The van der Waals surface area contributed by atoms with Crippen LogP contribution in [0.25, 0.3) is 11.0 Å². The molecule has 9 heteroatoms. The average molecular weight is 466 g/mol. The zero-order chi connectivity index (χ0) is 23.3. The van der Waals surface area contributed by atoms with Crippen LogP contribution in [0.15, 0.2) is 35.4 Å². The number of aryl methyl sites for hydroxylation is 1. The van der Waals surface area contributed by atoms with E-state index in [9.17, 15) is 14.3 Å². The molecule has 0 spiro atoms. The van der Waals surface area contributed by atoms with Gasteiger partial charge in [0.25, 0.3) is 5.56 Å². The number of nitrogens with zero attached hydrogens (tertiary/aromatic N) is 4. The van der Waals surface area contributed by atoms with Gasteiger partial charge in [-0.25, -0.2) is 4.39 Å². The lowest BCUT2D eigenvalue weighted by Gasteiger charge is -2.37. The Bertz CT molecular complexity index is 1300. The Morgan fingerprint density at radius 2 is 2.09 bits per heavy atom. The minimum absolute atomic E-state index is 0.0486. The SMILES string of the molecule is O=c1ccc2ncc(F)c3c2n1CC3(O)CN1CCC(NCc2cc3c(cn2)OCCC3)CC1. The molecule has 0 aliphatic carbocycles. The monoisotopic (exact) mass is 465 g/mol. The molecular formula is C25H28FN5O3. The van der Waals surface area contributed by atoms with E-state index < -0.39 is 11.4 Å². The average Bonchev–Trinajstić information content (AvgIpc) is 3.17. The first kappa shape index (κ1) is 21.6. The lowest BCUT2D eigenvalue weighted by atomic mass is 9.93. The molecule has 1 unspecified atom stereocenters. The highest BCUT2D eigenvalue weighted by molar-refractivity contribution is 5.81. The third-order valence-electron chi connectivity index (χ3n) is 7.34. The van der Waals surface area contributed by atoms with E-state index in [1.807, 2.05) is 6.20 Å². The van der Waals surface area contributed by atoms with Gasteiger partial charge in [0.1, 0.15) is 17.2 Å². The van der Waals surface area contributed by atoms with Crippen LogP contribution in [0.2, 0.25) is 0 Å². The van der Waals surface area contributed by atoms with Gasteiger partial charge in [-0.15, -0.1) is 0 Å². The van der Waals surface area contributed by atoms with E-state index in [0.29, 0.717) is 23.6 Å². The highest BCUT2D eigenvalue weighted by Gasteiger charge is 2.43. The van der Waals surface area contributed by atoms with Gasteiger partial charge in [0.15, 0.2) is 0 Å². The van der Waals surface area contributed by atoms with Crippen LogP contribution >= 0.6 is 0 Å². The number of ether oxygens (including phenoxy) is 1. The third-order valence-corrected chi connectivity index (χ3v) is 7.34. The maximum atomic E-state index is 14.8. The number of halogens is 1. The van der Waals surface area contributed by atoms with Crippen LogP contribution in [0.5, 0.6) is 5.75 Å². The van der Waals surface area contributed by atoms with Crippen LogP contribution < -0.4 is 15.6 Å². The van der Waals surface area contributed by atoms with Crippen LogP contribution in [-0.4, -0.2) is 56.8 Å². The quantitative estimate of drug-likeness (QED) is 0.593. The largest absolute Gasteiger partial charge is 0.492 e. The molecule has 3 aromatic heterocycles. The summed E-state index contributed by atoms with van der Waals surface area (Å²) >= 11 is 0. The number of aliphatic hydroxyl groups is 1. The molecule has 1 fully saturated rings. The Morgan fingerprint density at radius 1 is 1.24 bits per heavy atom. The number of aromatic nitrogens is 3. The number of hydrogen-bond acceptors (Lipinski definition) is 7. The number of pyridine rings is 3. The Morgan fingerprint density at radius 3 is 2.94 bits per heavy atom. The molecular weight excluding hydrogens is 437 g/mol. The van der Waals surface area contributed by atoms with E-state index in [0.717, 1.165) is 63.0 Å². The van der Waals surface area contributed by atoms with Gasteiger partial charge in [0, 0.05) is 25.2 Å². The maximum Gasteiger partial charge on any atom is 0.251 e. The summed E-state index contributed by atoms with van der Waals surface area (Å²) in [4.78, 5) is 23.1. The molecule has 0 amide bonds. The standard InChI is InChI=1S/C25H28FN5O3/c26-19-12-29-20-3-4-22(32)31-15-25(33,23(19)24(20)31)14-30-7-5-17(6-8-30)27-11-18-10-16-2-1-9-34-21(16)13-28-18/h3-4,10,12-13,17,27,33H,1-2,5-9,11,14-15H2. The predicted molar refractivity (Wildman–Crippen MR) is 124 cm³/mol. The smallest absolute Gasteiger partial charge is 0.251 e. The zero-order valence-corrected chi connectivity index (χ0v) is 19.0. The van der Waals surface area contributed by atoms with Crippen LogP contribution in [0, 0.1) is 5.82 Å². The Kier molecular flexibility index (Phi) is 5.35. The van der Waals surface area contributed by atoms with Gasteiger partial charge in [0.05, 0.1) is 47.8 Å². The van der Waals surface area contributed by atoms with Crippen molar-refractivity contribution >= 4 is 11.0 Å². The molecule has 0 aromatic carbocycles. The van der Waals surface area contributed by atoms with E-state index in [1.54, 1.807) is 6.07 Å². The molecule has 6 rings (SSSR count). The van der Waals surface area contributed by atoms with Crippen molar-refractivity contribution in [1.29, 1.82) is 0 Å². The molecule has 0 bridgehead atoms.